The monoisotopic (exact) mass is 367 g/mol. The van der Waals surface area contributed by atoms with Crippen LogP contribution in [-0.2, 0) is 11.3 Å². The van der Waals surface area contributed by atoms with Crippen molar-refractivity contribution in [3.8, 4) is 0 Å². The molecule has 0 radical (unpaired) electrons. The summed E-state index contributed by atoms with van der Waals surface area (Å²) in [6.07, 6.45) is 0.939. The standard InChI is InChI=1S/C21H25N3O3/c1-23(2)18(16-9-4-3-5-10-16)15-22-20(25)13-8-14-24-17-11-6-7-12-19(17)27-21(24)26/h3-7,9-12,18H,8,13-15H2,1-2H3,(H,22,25). The van der Waals surface area contributed by atoms with Crippen molar-refractivity contribution >= 4 is 17.0 Å². The lowest BCUT2D eigenvalue weighted by Crippen LogP contribution is -2.34. The number of amides is 1. The Morgan fingerprint density at radius 1 is 1.11 bits per heavy atom. The molecule has 1 heterocycles. The van der Waals surface area contributed by atoms with E-state index in [1.54, 1.807) is 10.6 Å². The van der Waals surface area contributed by atoms with E-state index in [2.05, 4.69) is 22.3 Å². The number of carbonyl (C=O) groups is 1. The smallest absolute Gasteiger partial charge is 0.408 e. The zero-order valence-electron chi connectivity index (χ0n) is 15.7. The molecule has 1 N–H and O–H groups in total. The largest absolute Gasteiger partial charge is 0.419 e. The van der Waals surface area contributed by atoms with E-state index in [9.17, 15) is 9.59 Å². The number of nitrogens with one attached hydrogen (secondary N) is 1. The van der Waals surface area contributed by atoms with Crippen molar-refractivity contribution in [2.75, 3.05) is 20.6 Å². The first-order chi connectivity index (χ1) is 13.1. The molecule has 0 aliphatic carbocycles. The van der Waals surface area contributed by atoms with Gasteiger partial charge in [0.25, 0.3) is 0 Å². The molecule has 0 aliphatic rings. The summed E-state index contributed by atoms with van der Waals surface area (Å²) < 4.78 is 6.79. The molecule has 1 amide bonds. The maximum Gasteiger partial charge on any atom is 0.419 e. The number of rotatable bonds is 8. The van der Waals surface area contributed by atoms with E-state index < -0.39 is 0 Å². The average Bonchev–Trinajstić information content (AvgIpc) is 2.98. The number of likely N-dealkylation sites (N-methyl/N-ethyl adjacent to an activating group) is 1. The summed E-state index contributed by atoms with van der Waals surface area (Å²) in [6.45, 7) is 1.00. The van der Waals surface area contributed by atoms with E-state index >= 15 is 0 Å². The van der Waals surface area contributed by atoms with Gasteiger partial charge in [-0.25, -0.2) is 4.79 Å². The first kappa shape index (κ1) is 18.9. The Bertz CT molecular complexity index is 944. The number of aryl methyl sites for hydroxylation is 1. The summed E-state index contributed by atoms with van der Waals surface area (Å²) >= 11 is 0. The van der Waals surface area contributed by atoms with Crippen LogP contribution in [0.2, 0.25) is 0 Å². The molecule has 1 unspecified atom stereocenters. The Balaban J connectivity index is 1.52. The quantitative estimate of drug-likeness (QED) is 0.665. The van der Waals surface area contributed by atoms with Crippen LogP contribution in [-0.4, -0.2) is 36.0 Å². The molecule has 0 fully saturated rings. The van der Waals surface area contributed by atoms with Gasteiger partial charge in [0.1, 0.15) is 0 Å². The zero-order chi connectivity index (χ0) is 19.2. The topological polar surface area (TPSA) is 67.5 Å². The number of benzene rings is 2. The van der Waals surface area contributed by atoms with Crippen LogP contribution in [0.3, 0.4) is 0 Å². The molecular formula is C21H25N3O3. The molecule has 3 aromatic rings. The molecule has 6 heteroatoms. The van der Waals surface area contributed by atoms with Crippen molar-refractivity contribution in [2.24, 2.45) is 0 Å². The highest BCUT2D eigenvalue weighted by Crippen LogP contribution is 2.17. The number of para-hydroxylation sites is 2. The highest BCUT2D eigenvalue weighted by atomic mass is 16.4. The Kier molecular flexibility index (Phi) is 6.08. The van der Waals surface area contributed by atoms with Crippen LogP contribution in [0.15, 0.2) is 63.8 Å². The van der Waals surface area contributed by atoms with Gasteiger partial charge in [-0.2, -0.15) is 0 Å². The van der Waals surface area contributed by atoms with E-state index in [0.29, 0.717) is 31.5 Å². The number of hydrogen-bond acceptors (Lipinski definition) is 4. The number of aromatic nitrogens is 1. The van der Waals surface area contributed by atoms with Crippen molar-refractivity contribution in [1.29, 1.82) is 0 Å². The fraction of sp³-hybridized carbons (Fsp3) is 0.333. The Morgan fingerprint density at radius 2 is 1.81 bits per heavy atom. The van der Waals surface area contributed by atoms with Crippen LogP contribution in [0.5, 0.6) is 0 Å². The number of oxazole rings is 1. The van der Waals surface area contributed by atoms with E-state index in [1.807, 2.05) is 50.5 Å². The van der Waals surface area contributed by atoms with E-state index in [4.69, 9.17) is 4.42 Å². The highest BCUT2D eigenvalue weighted by Gasteiger charge is 2.15. The summed E-state index contributed by atoms with van der Waals surface area (Å²) in [4.78, 5) is 26.3. The summed E-state index contributed by atoms with van der Waals surface area (Å²) in [6, 6.07) is 17.5. The van der Waals surface area contributed by atoms with Gasteiger partial charge >= 0.3 is 5.76 Å². The minimum Gasteiger partial charge on any atom is -0.408 e. The van der Waals surface area contributed by atoms with Gasteiger partial charge in [-0.05, 0) is 38.2 Å². The van der Waals surface area contributed by atoms with Gasteiger partial charge < -0.3 is 14.6 Å². The van der Waals surface area contributed by atoms with Crippen LogP contribution >= 0.6 is 0 Å². The number of hydrogen-bond donors (Lipinski definition) is 1. The first-order valence-corrected chi connectivity index (χ1v) is 9.12. The van der Waals surface area contributed by atoms with Crippen LogP contribution in [0.1, 0.15) is 24.4 Å². The highest BCUT2D eigenvalue weighted by molar-refractivity contribution is 5.76. The lowest BCUT2D eigenvalue weighted by molar-refractivity contribution is -0.121. The van der Waals surface area contributed by atoms with Crippen LogP contribution in [0.25, 0.3) is 11.1 Å². The third-order valence-electron chi connectivity index (χ3n) is 4.66. The van der Waals surface area contributed by atoms with Crippen molar-refractivity contribution in [1.82, 2.24) is 14.8 Å². The molecule has 27 heavy (non-hydrogen) atoms. The predicted octanol–water partition coefficient (Wildman–Crippen LogP) is 2.79. The fourth-order valence-electron chi connectivity index (χ4n) is 3.20. The number of nitrogens with zero attached hydrogens (tertiary/aromatic N) is 2. The van der Waals surface area contributed by atoms with Crippen molar-refractivity contribution in [2.45, 2.75) is 25.4 Å². The van der Waals surface area contributed by atoms with E-state index in [1.165, 1.54) is 5.56 Å². The lowest BCUT2D eigenvalue weighted by Gasteiger charge is -2.25. The maximum atomic E-state index is 12.2. The molecule has 0 saturated carbocycles. The Labute approximate surface area is 158 Å². The second kappa shape index (κ2) is 8.68. The van der Waals surface area contributed by atoms with Crippen molar-refractivity contribution < 1.29 is 9.21 Å². The van der Waals surface area contributed by atoms with Gasteiger partial charge in [-0.15, -0.1) is 0 Å². The maximum absolute atomic E-state index is 12.2. The third kappa shape index (κ3) is 4.65. The van der Waals surface area contributed by atoms with Gasteiger partial charge in [0.2, 0.25) is 5.91 Å². The molecule has 0 aliphatic heterocycles. The SMILES string of the molecule is CN(C)C(CNC(=O)CCCn1c(=O)oc2ccccc21)c1ccccc1. The normalized spacial score (nSPS) is 12.4. The minimum absolute atomic E-state index is 0.0152. The van der Waals surface area contributed by atoms with E-state index in [-0.39, 0.29) is 17.7 Å². The van der Waals surface area contributed by atoms with Crippen LogP contribution in [0, 0.1) is 0 Å². The van der Waals surface area contributed by atoms with Gasteiger partial charge in [0.15, 0.2) is 5.58 Å². The minimum atomic E-state index is -0.381. The molecule has 3 rings (SSSR count). The summed E-state index contributed by atoms with van der Waals surface area (Å²) in [5.41, 5.74) is 2.50. The Morgan fingerprint density at radius 3 is 2.56 bits per heavy atom. The van der Waals surface area contributed by atoms with Crippen molar-refractivity contribution in [3.63, 3.8) is 0 Å². The number of carbonyl (C=O) groups excluding carboxylic acids is 1. The van der Waals surface area contributed by atoms with Gasteiger partial charge in [0, 0.05) is 19.5 Å². The molecule has 142 valence electrons. The fourth-order valence-corrected chi connectivity index (χ4v) is 3.20. The molecule has 1 atom stereocenters. The average molecular weight is 367 g/mol. The van der Waals surface area contributed by atoms with Gasteiger partial charge in [-0.1, -0.05) is 42.5 Å². The molecule has 2 aromatic carbocycles. The lowest BCUT2D eigenvalue weighted by atomic mass is 10.1. The zero-order valence-corrected chi connectivity index (χ0v) is 15.7. The second-order valence-electron chi connectivity index (χ2n) is 6.79. The summed E-state index contributed by atoms with van der Waals surface area (Å²) in [7, 11) is 4.00. The third-order valence-corrected chi connectivity index (χ3v) is 4.66. The molecule has 0 spiro atoms. The predicted molar refractivity (Wildman–Crippen MR) is 106 cm³/mol. The molecule has 0 bridgehead atoms. The van der Waals surface area contributed by atoms with Crippen LogP contribution in [0.4, 0.5) is 0 Å². The van der Waals surface area contributed by atoms with Crippen LogP contribution < -0.4 is 11.1 Å². The molecule has 1 aromatic heterocycles. The molecule has 0 saturated heterocycles. The van der Waals surface area contributed by atoms with Gasteiger partial charge in [0.05, 0.1) is 11.6 Å². The Hall–Kier alpha value is -2.86. The summed E-state index contributed by atoms with van der Waals surface area (Å²) in [5, 5.41) is 3.00. The van der Waals surface area contributed by atoms with E-state index in [0.717, 1.165) is 5.52 Å². The molecular weight excluding hydrogens is 342 g/mol. The summed E-state index contributed by atoms with van der Waals surface area (Å²) in [5.74, 6) is -0.396. The van der Waals surface area contributed by atoms with Crippen molar-refractivity contribution in [3.05, 3.63) is 70.7 Å². The first-order valence-electron chi connectivity index (χ1n) is 9.12. The number of fused-ring (bicyclic) bond motifs is 1. The second-order valence-corrected chi connectivity index (χ2v) is 6.79. The molecule has 6 nitrogen and oxygen atoms in total. The van der Waals surface area contributed by atoms with Gasteiger partial charge in [-0.3, -0.25) is 9.36 Å².